The van der Waals surface area contributed by atoms with Gasteiger partial charge in [-0.3, -0.25) is 9.59 Å². The molecular weight excluding hydrogens is 456 g/mol. The molecule has 0 radical (unpaired) electrons. The molecule has 0 atom stereocenters. The molecule has 1 amide bonds. The first kappa shape index (κ1) is 23.9. The van der Waals surface area contributed by atoms with E-state index in [9.17, 15) is 9.59 Å². The van der Waals surface area contributed by atoms with E-state index in [4.69, 9.17) is 30.8 Å². The van der Waals surface area contributed by atoms with E-state index in [0.717, 1.165) is 18.4 Å². The normalized spacial score (nSPS) is 11.3. The molecule has 0 aliphatic heterocycles. The Morgan fingerprint density at radius 3 is 2.80 bits per heavy atom. The number of carbonyl (C=O) groups excluding carboxylic acids is 1. The molecule has 13 nitrogen and oxygen atoms in total. The van der Waals surface area contributed by atoms with Gasteiger partial charge in [-0.2, -0.15) is 10.1 Å². The fraction of sp³-hybridized carbons (Fsp3) is 0.364. The maximum atomic E-state index is 11.9. The van der Waals surface area contributed by atoms with Crippen LogP contribution < -0.4 is 16.8 Å². The lowest BCUT2D eigenvalue weighted by Crippen LogP contribution is -2.25. The summed E-state index contributed by atoms with van der Waals surface area (Å²) in [6, 6.07) is 5.55. The molecule has 6 N–H and O–H groups in total. The van der Waals surface area contributed by atoms with Gasteiger partial charge in [-0.05, 0) is 31.0 Å². The lowest BCUT2D eigenvalue weighted by molar-refractivity contribution is -0.138. The molecular formula is C22H26N8O5. The van der Waals surface area contributed by atoms with Crippen molar-refractivity contribution in [2.75, 3.05) is 31.2 Å². The molecule has 0 saturated heterocycles. The van der Waals surface area contributed by atoms with E-state index in [1.807, 2.05) is 12.1 Å². The van der Waals surface area contributed by atoms with E-state index in [2.05, 4.69) is 20.3 Å². The molecule has 0 unspecified atom stereocenters. The summed E-state index contributed by atoms with van der Waals surface area (Å²) in [5.41, 5.74) is 15.0. The van der Waals surface area contributed by atoms with Gasteiger partial charge in [-0.1, -0.05) is 0 Å². The zero-order chi connectivity index (χ0) is 24.8. The molecule has 184 valence electrons. The fourth-order valence-corrected chi connectivity index (χ4v) is 3.61. The van der Waals surface area contributed by atoms with Crippen LogP contribution in [0.25, 0.3) is 33.4 Å². The summed E-state index contributed by atoms with van der Waals surface area (Å²) in [6.45, 7) is 1.35. The Hall–Kier alpha value is -4.26. The number of aryl methyl sites for hydroxylation is 1. The van der Waals surface area contributed by atoms with Crippen LogP contribution in [0.3, 0.4) is 0 Å². The van der Waals surface area contributed by atoms with Gasteiger partial charge in [0, 0.05) is 25.1 Å². The van der Waals surface area contributed by atoms with Crippen LogP contribution in [0.2, 0.25) is 0 Å². The molecule has 0 aliphatic rings. The Bertz CT molecular complexity index is 1350. The summed E-state index contributed by atoms with van der Waals surface area (Å²) in [4.78, 5) is 35.0. The minimum Gasteiger partial charge on any atom is -0.481 e. The molecule has 0 aliphatic carbocycles. The van der Waals surface area contributed by atoms with Crippen LogP contribution in [0.1, 0.15) is 25.7 Å². The van der Waals surface area contributed by atoms with Crippen molar-refractivity contribution >= 4 is 45.8 Å². The summed E-state index contributed by atoms with van der Waals surface area (Å²) in [5.74, 6) is -0.743. The van der Waals surface area contributed by atoms with Crippen LogP contribution in [0, 0.1) is 0 Å². The lowest BCUT2D eigenvalue weighted by Gasteiger charge is -2.06. The minimum absolute atomic E-state index is 0.0779. The Balaban J connectivity index is 1.35. The van der Waals surface area contributed by atoms with Crippen molar-refractivity contribution < 1.29 is 23.8 Å². The average molecular weight is 483 g/mol. The largest absolute Gasteiger partial charge is 0.481 e. The minimum atomic E-state index is -0.929. The number of nitrogens with one attached hydrogen (secondary N) is 1. The molecule has 0 fully saturated rings. The van der Waals surface area contributed by atoms with E-state index in [1.54, 1.807) is 10.7 Å². The number of hydrogen-bond donors (Lipinski definition) is 4. The first-order chi connectivity index (χ1) is 16.9. The third-order valence-electron chi connectivity index (χ3n) is 5.29. The van der Waals surface area contributed by atoms with E-state index >= 15 is 0 Å². The highest BCUT2D eigenvalue weighted by molar-refractivity contribution is 5.99. The average Bonchev–Trinajstić information content (AvgIpc) is 3.38. The number of anilines is 2. The number of carboxylic acids is 1. The Morgan fingerprint density at radius 2 is 1.97 bits per heavy atom. The second-order valence-corrected chi connectivity index (χ2v) is 7.83. The first-order valence-corrected chi connectivity index (χ1v) is 11.1. The van der Waals surface area contributed by atoms with Gasteiger partial charge in [-0.25, -0.2) is 14.6 Å². The van der Waals surface area contributed by atoms with Crippen molar-refractivity contribution in [1.29, 1.82) is 0 Å². The van der Waals surface area contributed by atoms with Crippen molar-refractivity contribution in [3.05, 3.63) is 24.5 Å². The topological polar surface area (TPSA) is 197 Å². The summed E-state index contributed by atoms with van der Waals surface area (Å²) < 4.78 is 12.2. The second-order valence-electron chi connectivity index (χ2n) is 7.83. The highest BCUT2D eigenvalue weighted by Crippen LogP contribution is 2.32. The highest BCUT2D eigenvalue weighted by atomic mass is 16.5. The van der Waals surface area contributed by atoms with Crippen molar-refractivity contribution in [1.82, 2.24) is 30.0 Å². The number of ether oxygens (including phenoxy) is 1. The number of unbranched alkanes of at least 4 members (excludes halogenated alkanes) is 1. The number of carbonyl (C=O) groups is 2. The number of aliphatic carboxylic acids is 1. The number of fused-ring (bicyclic) bond motifs is 2. The molecule has 0 saturated carbocycles. The predicted octanol–water partition coefficient (Wildman–Crippen LogP) is 1.58. The molecule has 1 aromatic carbocycles. The van der Waals surface area contributed by atoms with Crippen LogP contribution in [-0.2, 0) is 20.9 Å². The van der Waals surface area contributed by atoms with E-state index in [1.165, 1.54) is 6.33 Å². The number of benzene rings is 1. The van der Waals surface area contributed by atoms with Crippen molar-refractivity contribution in [2.24, 2.45) is 0 Å². The third-order valence-corrected chi connectivity index (χ3v) is 5.29. The fourth-order valence-electron chi connectivity index (χ4n) is 3.61. The molecule has 4 aromatic rings. The van der Waals surface area contributed by atoms with Gasteiger partial charge in [0.15, 0.2) is 11.2 Å². The molecule has 3 aromatic heterocycles. The van der Waals surface area contributed by atoms with Crippen LogP contribution in [0.5, 0.6) is 0 Å². The number of carboxylic acid groups (broad SMARTS) is 1. The Kier molecular flexibility index (Phi) is 7.35. The smallest absolute Gasteiger partial charge is 0.305 e. The van der Waals surface area contributed by atoms with Crippen molar-refractivity contribution in [2.45, 2.75) is 32.2 Å². The van der Waals surface area contributed by atoms with E-state index in [0.29, 0.717) is 46.7 Å². The van der Waals surface area contributed by atoms with Crippen LogP contribution in [0.15, 0.2) is 28.9 Å². The van der Waals surface area contributed by atoms with E-state index in [-0.39, 0.29) is 38.0 Å². The lowest BCUT2D eigenvalue weighted by atomic mass is 10.1. The van der Waals surface area contributed by atoms with Gasteiger partial charge < -0.3 is 31.0 Å². The monoisotopic (exact) mass is 482 g/mol. The van der Waals surface area contributed by atoms with Crippen LogP contribution in [0.4, 0.5) is 11.8 Å². The molecule has 0 bridgehead atoms. The van der Waals surface area contributed by atoms with Crippen LogP contribution in [-0.4, -0.2) is 61.5 Å². The van der Waals surface area contributed by atoms with Gasteiger partial charge in [-0.15, -0.1) is 0 Å². The van der Waals surface area contributed by atoms with E-state index < -0.39 is 5.97 Å². The summed E-state index contributed by atoms with van der Waals surface area (Å²) >= 11 is 0. The SMILES string of the molecule is Nc1nc2cc(-c3nn(CCCCNC(=O)CCOCCC(=O)O)c4ncnc(N)c34)ccc2o1. The molecule has 0 spiro atoms. The number of nitrogen functional groups attached to an aromatic ring is 2. The molecule has 3 heterocycles. The quantitative estimate of drug-likeness (QED) is 0.214. The van der Waals surface area contributed by atoms with Gasteiger partial charge in [0.2, 0.25) is 5.91 Å². The number of oxazole rings is 1. The number of aromatic nitrogens is 5. The number of amides is 1. The molecule has 13 heteroatoms. The zero-order valence-corrected chi connectivity index (χ0v) is 18.9. The summed E-state index contributed by atoms with van der Waals surface area (Å²) in [6.07, 6.45) is 2.98. The molecule has 35 heavy (non-hydrogen) atoms. The number of hydrogen-bond acceptors (Lipinski definition) is 10. The van der Waals surface area contributed by atoms with Crippen molar-refractivity contribution in [3.63, 3.8) is 0 Å². The highest BCUT2D eigenvalue weighted by Gasteiger charge is 2.18. The number of nitrogens with zero attached hydrogens (tertiary/aromatic N) is 5. The zero-order valence-electron chi connectivity index (χ0n) is 18.9. The Morgan fingerprint density at radius 1 is 1.14 bits per heavy atom. The maximum absolute atomic E-state index is 11.9. The van der Waals surface area contributed by atoms with Crippen molar-refractivity contribution in [3.8, 4) is 11.3 Å². The van der Waals surface area contributed by atoms with Gasteiger partial charge in [0.25, 0.3) is 6.01 Å². The summed E-state index contributed by atoms with van der Waals surface area (Å²) in [7, 11) is 0. The second kappa shape index (κ2) is 10.8. The van der Waals surface area contributed by atoms with Crippen LogP contribution >= 0.6 is 0 Å². The Labute approximate surface area is 199 Å². The third kappa shape index (κ3) is 5.81. The van der Waals surface area contributed by atoms with Gasteiger partial charge >= 0.3 is 5.97 Å². The van der Waals surface area contributed by atoms with Gasteiger partial charge in [0.1, 0.15) is 23.4 Å². The number of rotatable bonds is 12. The first-order valence-electron chi connectivity index (χ1n) is 11.1. The van der Waals surface area contributed by atoms with Gasteiger partial charge in [0.05, 0.1) is 25.0 Å². The summed E-state index contributed by atoms with van der Waals surface area (Å²) in [5, 5.41) is 16.8. The number of nitrogens with two attached hydrogens (primary N) is 2. The standard InChI is InChI=1S/C22H26N8O5/c23-20-18-19(13-3-4-15-14(11-13)28-22(24)35-15)29-30(21(18)27-12-26-20)8-2-1-7-25-16(31)5-9-34-10-6-17(32)33/h3-4,11-12H,1-2,5-10H2,(H2,24,28)(H,25,31)(H,32,33)(H2,23,26,27). The predicted molar refractivity (Wildman–Crippen MR) is 127 cm³/mol. The maximum Gasteiger partial charge on any atom is 0.305 e. The molecule has 4 rings (SSSR count).